The summed E-state index contributed by atoms with van der Waals surface area (Å²) >= 11 is 1.62. The minimum absolute atomic E-state index is 0.0645. The van der Waals surface area contributed by atoms with Crippen molar-refractivity contribution >= 4 is 34.1 Å². The van der Waals surface area contributed by atoms with Crippen LogP contribution in [0.15, 0.2) is 114 Å². The molecule has 3 heterocycles. The third-order valence-electron chi connectivity index (χ3n) is 9.35. The highest BCUT2D eigenvalue weighted by atomic mass is 32.1. The Morgan fingerprint density at radius 1 is 0.922 bits per heavy atom. The van der Waals surface area contributed by atoms with E-state index < -0.39 is 17.7 Å². The Kier molecular flexibility index (Phi) is 9.28. The summed E-state index contributed by atoms with van der Waals surface area (Å²) in [5.41, 5.74) is 2.22. The number of hydrogen-bond donors (Lipinski definition) is 6. The van der Waals surface area contributed by atoms with E-state index in [0.29, 0.717) is 42.6 Å². The predicted molar refractivity (Wildman–Crippen MR) is 195 cm³/mol. The number of carbonyl (C=O) groups is 2. The van der Waals surface area contributed by atoms with Crippen LogP contribution >= 0.6 is 11.3 Å². The summed E-state index contributed by atoms with van der Waals surface area (Å²) in [6.45, 7) is 1.71. The van der Waals surface area contributed by atoms with Gasteiger partial charge in [-0.25, -0.2) is 4.79 Å². The lowest BCUT2D eigenvalue weighted by Gasteiger charge is -2.27. The molecule has 1 aliphatic rings. The summed E-state index contributed by atoms with van der Waals surface area (Å²) in [7, 11) is 0. The fourth-order valence-corrected chi connectivity index (χ4v) is 7.76. The number of aromatic nitrogens is 1. The van der Waals surface area contributed by atoms with Gasteiger partial charge >= 0.3 is 5.97 Å². The number of phenols is 1. The van der Waals surface area contributed by atoms with Gasteiger partial charge in [0, 0.05) is 58.5 Å². The Balaban J connectivity index is 0.988. The zero-order valence-corrected chi connectivity index (χ0v) is 28.2. The number of thiophene rings is 1. The van der Waals surface area contributed by atoms with E-state index in [1.54, 1.807) is 84.1 Å². The Morgan fingerprint density at radius 2 is 1.69 bits per heavy atom. The summed E-state index contributed by atoms with van der Waals surface area (Å²) < 4.78 is 0. The summed E-state index contributed by atoms with van der Waals surface area (Å²) in [4.78, 5) is 44.1. The van der Waals surface area contributed by atoms with Gasteiger partial charge < -0.3 is 35.6 Å². The monoisotopic (exact) mass is 701 g/mol. The van der Waals surface area contributed by atoms with Gasteiger partial charge in [-0.3, -0.25) is 9.59 Å². The third-order valence-corrected chi connectivity index (χ3v) is 10.6. The van der Waals surface area contributed by atoms with Crippen molar-refractivity contribution in [1.29, 1.82) is 0 Å². The van der Waals surface area contributed by atoms with Crippen molar-refractivity contribution in [1.82, 2.24) is 15.2 Å². The highest BCUT2D eigenvalue weighted by Crippen LogP contribution is 2.38. The second-order valence-corrected chi connectivity index (χ2v) is 13.8. The number of nitrogens with one attached hydrogen (secondary N) is 2. The van der Waals surface area contributed by atoms with Crippen LogP contribution in [0.25, 0.3) is 21.3 Å². The number of benzene rings is 4. The quantitative estimate of drug-likeness (QED) is 0.112. The molecule has 0 saturated heterocycles. The average Bonchev–Trinajstić information content (AvgIpc) is 3.59. The van der Waals surface area contributed by atoms with Crippen LogP contribution in [0.2, 0.25) is 0 Å². The van der Waals surface area contributed by atoms with Crippen molar-refractivity contribution in [2.75, 3.05) is 13.1 Å². The molecule has 0 saturated carbocycles. The maximum atomic E-state index is 13.5. The van der Waals surface area contributed by atoms with Crippen LogP contribution in [0.5, 0.6) is 5.75 Å². The van der Waals surface area contributed by atoms with Gasteiger partial charge in [0.1, 0.15) is 5.75 Å². The number of carboxylic acids is 1. The third kappa shape index (κ3) is 6.67. The number of aliphatic hydroxyl groups excluding tert-OH is 1. The lowest BCUT2D eigenvalue weighted by Crippen LogP contribution is -2.36. The number of nitrogens with zero attached hydrogens (tertiary/aromatic N) is 1. The highest BCUT2D eigenvalue weighted by Gasteiger charge is 2.40. The maximum Gasteiger partial charge on any atom is 0.345 e. The number of carboxylic acid groups (broad SMARTS) is 1. The number of H-pyrrole nitrogens is 1. The van der Waals surface area contributed by atoms with E-state index in [0.717, 1.165) is 21.6 Å². The van der Waals surface area contributed by atoms with Crippen LogP contribution in [0.3, 0.4) is 0 Å². The van der Waals surface area contributed by atoms with E-state index in [1.165, 1.54) is 17.0 Å². The van der Waals surface area contributed by atoms with Crippen molar-refractivity contribution < 1.29 is 30.0 Å². The molecule has 7 rings (SSSR count). The Labute approximate surface area is 296 Å². The molecule has 0 spiro atoms. The first-order chi connectivity index (χ1) is 24.6. The molecule has 2 aromatic heterocycles. The van der Waals surface area contributed by atoms with E-state index in [9.17, 15) is 34.8 Å². The van der Waals surface area contributed by atoms with E-state index in [1.807, 2.05) is 29.2 Å². The normalized spacial score (nSPS) is 14.5. The molecule has 0 radical (unpaired) electrons. The lowest BCUT2D eigenvalue weighted by molar-refractivity contribution is -0.155. The van der Waals surface area contributed by atoms with Gasteiger partial charge in [0.2, 0.25) is 11.2 Å². The predicted octanol–water partition coefficient (Wildman–Crippen LogP) is 5.30. The van der Waals surface area contributed by atoms with Crippen LogP contribution < -0.4 is 10.9 Å². The Hall–Kier alpha value is -5.59. The zero-order chi connectivity index (χ0) is 35.7. The average molecular weight is 702 g/mol. The van der Waals surface area contributed by atoms with Crippen LogP contribution in [0.1, 0.15) is 49.2 Å². The first-order valence-corrected chi connectivity index (χ1v) is 17.3. The SMILES string of the molecule is O=C(c1ccc(CNC[C@H](O)c2ccc(O)c3[nH]c(=O)ccc23)cc1)N1CCc2sc(-c3cccc([C@](O)(C(=O)O)c4ccccc4)c3)cc2C1. The van der Waals surface area contributed by atoms with Crippen molar-refractivity contribution in [2.24, 2.45) is 0 Å². The number of carbonyl (C=O) groups excluding carboxylic acids is 1. The van der Waals surface area contributed by atoms with Gasteiger partial charge in [-0.2, -0.15) is 0 Å². The molecule has 10 nitrogen and oxygen atoms in total. The van der Waals surface area contributed by atoms with E-state index in [-0.39, 0.29) is 40.4 Å². The number of aliphatic hydroxyl groups is 2. The molecule has 6 N–H and O–H groups in total. The largest absolute Gasteiger partial charge is 0.506 e. The number of hydrogen-bond acceptors (Lipinski definition) is 8. The number of aromatic amines is 1. The summed E-state index contributed by atoms with van der Waals surface area (Å²) in [5, 5.41) is 46.2. The number of pyridine rings is 1. The van der Waals surface area contributed by atoms with E-state index in [4.69, 9.17) is 0 Å². The molecule has 1 aliphatic heterocycles. The highest BCUT2D eigenvalue weighted by molar-refractivity contribution is 7.15. The van der Waals surface area contributed by atoms with Gasteiger partial charge in [-0.1, -0.05) is 66.7 Å². The first-order valence-electron chi connectivity index (χ1n) is 16.5. The molecule has 2 atom stereocenters. The molecule has 4 aromatic carbocycles. The minimum atomic E-state index is -2.20. The topological polar surface area (TPSA) is 163 Å². The van der Waals surface area contributed by atoms with Gasteiger partial charge in [-0.15, -0.1) is 11.3 Å². The fraction of sp³-hybridized carbons (Fsp3) is 0.175. The number of phenolic OH excluding ortho intramolecular Hbond substituents is 1. The zero-order valence-electron chi connectivity index (χ0n) is 27.4. The van der Waals surface area contributed by atoms with Gasteiger partial charge in [0.25, 0.3) is 5.91 Å². The molecule has 0 bridgehead atoms. The molecule has 51 heavy (non-hydrogen) atoms. The maximum absolute atomic E-state index is 13.5. The standard InChI is InChI=1S/C40H35N3O7S/c44-32-15-13-30(31-14-16-36(46)42-37(31)32)33(45)22-41-21-24-9-11-25(12-10-24)38(47)43-18-17-34-27(23-43)20-35(51-34)26-5-4-8-29(19-26)40(50,39(48)49)28-6-2-1-3-7-28/h1-16,19-20,33,41,44-45,50H,17-18,21-23H2,(H,42,46)(H,48,49)/t33-,40-/m0/s1. The molecule has 11 heteroatoms. The van der Waals surface area contributed by atoms with Crippen molar-refractivity contribution in [3.8, 4) is 16.2 Å². The van der Waals surface area contributed by atoms with Crippen LogP contribution in [0, 0.1) is 0 Å². The van der Waals surface area contributed by atoms with Gasteiger partial charge in [0.15, 0.2) is 0 Å². The molecular formula is C40H35N3O7S. The number of aromatic hydroxyl groups is 1. The Bertz CT molecular complexity index is 2300. The molecule has 1 amide bonds. The summed E-state index contributed by atoms with van der Waals surface area (Å²) in [6, 6.07) is 30.8. The van der Waals surface area contributed by atoms with Gasteiger partial charge in [-0.05, 0) is 70.6 Å². The number of amides is 1. The van der Waals surface area contributed by atoms with Crippen molar-refractivity contribution in [2.45, 2.75) is 31.2 Å². The Morgan fingerprint density at radius 3 is 2.45 bits per heavy atom. The van der Waals surface area contributed by atoms with E-state index >= 15 is 0 Å². The van der Waals surface area contributed by atoms with E-state index in [2.05, 4.69) is 10.3 Å². The smallest absolute Gasteiger partial charge is 0.345 e. The minimum Gasteiger partial charge on any atom is -0.506 e. The number of rotatable bonds is 10. The number of aliphatic carboxylic acids is 1. The summed E-state index contributed by atoms with van der Waals surface area (Å²) in [5.74, 6) is -1.49. The fourth-order valence-electron chi connectivity index (χ4n) is 6.60. The molecule has 6 aromatic rings. The molecular weight excluding hydrogens is 667 g/mol. The molecule has 0 fully saturated rings. The van der Waals surface area contributed by atoms with Gasteiger partial charge in [0.05, 0.1) is 11.6 Å². The van der Waals surface area contributed by atoms with Crippen LogP contribution in [-0.2, 0) is 29.9 Å². The lowest BCUT2D eigenvalue weighted by atomic mass is 9.85. The second kappa shape index (κ2) is 14.0. The van der Waals surface area contributed by atoms with Crippen LogP contribution in [0.4, 0.5) is 0 Å². The van der Waals surface area contributed by atoms with Crippen molar-refractivity contribution in [3.63, 3.8) is 0 Å². The summed E-state index contributed by atoms with van der Waals surface area (Å²) in [6.07, 6.45) is -0.182. The molecule has 258 valence electrons. The first kappa shape index (κ1) is 33.9. The molecule has 0 aliphatic carbocycles. The molecule has 0 unspecified atom stereocenters. The number of fused-ring (bicyclic) bond motifs is 2. The van der Waals surface area contributed by atoms with Crippen LogP contribution in [-0.4, -0.2) is 55.3 Å². The van der Waals surface area contributed by atoms with Crippen molar-refractivity contribution in [3.05, 3.63) is 158 Å². The second-order valence-electron chi connectivity index (χ2n) is 12.6.